The zero-order valence-electron chi connectivity index (χ0n) is 8.57. The summed E-state index contributed by atoms with van der Waals surface area (Å²) in [4.78, 5) is 4.41. The van der Waals surface area contributed by atoms with E-state index in [2.05, 4.69) is 39.1 Å². The summed E-state index contributed by atoms with van der Waals surface area (Å²) in [6, 6.07) is 8.32. The quantitative estimate of drug-likeness (QED) is 0.906. The normalized spacial score (nSPS) is 13.0. The molecule has 2 nitrogen and oxygen atoms in total. The fourth-order valence-electron chi connectivity index (χ4n) is 1.71. The van der Waals surface area contributed by atoms with Gasteiger partial charge in [-0.25, -0.2) is 0 Å². The van der Waals surface area contributed by atoms with Gasteiger partial charge in [-0.15, -0.1) is 0 Å². The molecule has 0 amide bonds. The molecule has 1 unspecified atom stereocenters. The molecule has 0 aliphatic heterocycles. The van der Waals surface area contributed by atoms with E-state index in [1.54, 1.807) is 0 Å². The standard InChI is InChI=1S/C12H13BrN2/c1-8(14)7-9-4-5-11(13)10-3-2-6-15-12(9)10/h2-6,8H,7,14H2,1H3. The van der Waals surface area contributed by atoms with Crippen molar-refractivity contribution in [1.82, 2.24) is 4.98 Å². The molecule has 0 bridgehead atoms. The van der Waals surface area contributed by atoms with Crippen LogP contribution in [0.3, 0.4) is 0 Å². The van der Waals surface area contributed by atoms with Gasteiger partial charge in [-0.05, 0) is 31.0 Å². The number of aromatic nitrogens is 1. The summed E-state index contributed by atoms with van der Waals surface area (Å²) in [5.74, 6) is 0. The second-order valence-corrected chi connectivity index (χ2v) is 4.64. The van der Waals surface area contributed by atoms with Gasteiger partial charge < -0.3 is 5.73 Å². The SMILES string of the molecule is CC(N)Cc1ccc(Br)c2cccnc12. The van der Waals surface area contributed by atoms with Gasteiger partial charge in [0.2, 0.25) is 0 Å². The zero-order valence-corrected chi connectivity index (χ0v) is 10.2. The van der Waals surface area contributed by atoms with Gasteiger partial charge in [0.15, 0.2) is 0 Å². The van der Waals surface area contributed by atoms with E-state index >= 15 is 0 Å². The van der Waals surface area contributed by atoms with Gasteiger partial charge in [-0.2, -0.15) is 0 Å². The molecule has 1 aromatic heterocycles. The molecule has 0 aliphatic carbocycles. The highest BCUT2D eigenvalue weighted by Crippen LogP contribution is 2.25. The number of pyridine rings is 1. The Morgan fingerprint density at radius 1 is 1.40 bits per heavy atom. The van der Waals surface area contributed by atoms with E-state index in [4.69, 9.17) is 5.73 Å². The zero-order chi connectivity index (χ0) is 10.8. The van der Waals surface area contributed by atoms with Crippen LogP contribution in [0.15, 0.2) is 34.9 Å². The van der Waals surface area contributed by atoms with Crippen molar-refractivity contribution in [2.75, 3.05) is 0 Å². The predicted octanol–water partition coefficient (Wildman–Crippen LogP) is 2.89. The monoisotopic (exact) mass is 264 g/mol. The second kappa shape index (κ2) is 4.29. The van der Waals surface area contributed by atoms with Gasteiger partial charge in [0.1, 0.15) is 0 Å². The van der Waals surface area contributed by atoms with Gasteiger partial charge in [0.05, 0.1) is 5.52 Å². The molecule has 1 aromatic carbocycles. The summed E-state index contributed by atoms with van der Waals surface area (Å²) in [6.07, 6.45) is 2.68. The van der Waals surface area contributed by atoms with Crippen molar-refractivity contribution in [3.63, 3.8) is 0 Å². The molecular weight excluding hydrogens is 252 g/mol. The summed E-state index contributed by atoms with van der Waals surface area (Å²) in [7, 11) is 0. The van der Waals surface area contributed by atoms with Gasteiger partial charge in [-0.1, -0.05) is 28.1 Å². The fourth-order valence-corrected chi connectivity index (χ4v) is 2.16. The van der Waals surface area contributed by atoms with Crippen molar-refractivity contribution >= 4 is 26.8 Å². The minimum absolute atomic E-state index is 0.163. The lowest BCUT2D eigenvalue weighted by atomic mass is 10.0. The van der Waals surface area contributed by atoms with E-state index in [1.165, 1.54) is 5.56 Å². The van der Waals surface area contributed by atoms with Crippen molar-refractivity contribution in [2.45, 2.75) is 19.4 Å². The molecular formula is C12H13BrN2. The number of benzene rings is 1. The van der Waals surface area contributed by atoms with Crippen LogP contribution in [0.1, 0.15) is 12.5 Å². The number of halogens is 1. The van der Waals surface area contributed by atoms with Crippen LogP contribution in [-0.4, -0.2) is 11.0 Å². The van der Waals surface area contributed by atoms with Gasteiger partial charge in [-0.3, -0.25) is 4.98 Å². The molecule has 1 atom stereocenters. The van der Waals surface area contributed by atoms with Crippen LogP contribution in [0.25, 0.3) is 10.9 Å². The van der Waals surface area contributed by atoms with Gasteiger partial charge in [0, 0.05) is 22.1 Å². The molecule has 0 saturated carbocycles. The largest absolute Gasteiger partial charge is 0.328 e. The van der Waals surface area contributed by atoms with Crippen molar-refractivity contribution in [3.05, 3.63) is 40.5 Å². The molecule has 2 rings (SSSR count). The van der Waals surface area contributed by atoms with Crippen molar-refractivity contribution in [2.24, 2.45) is 5.73 Å². The first-order valence-corrected chi connectivity index (χ1v) is 5.75. The first kappa shape index (κ1) is 10.6. The molecule has 0 radical (unpaired) electrons. The number of nitrogens with two attached hydrogens (primary N) is 1. The van der Waals surface area contributed by atoms with Crippen LogP contribution < -0.4 is 5.73 Å². The van der Waals surface area contributed by atoms with Crippen molar-refractivity contribution in [3.8, 4) is 0 Å². The molecule has 78 valence electrons. The smallest absolute Gasteiger partial charge is 0.0745 e. The van der Waals surface area contributed by atoms with Crippen LogP contribution in [0.4, 0.5) is 0 Å². The summed E-state index contributed by atoms with van der Waals surface area (Å²) >= 11 is 3.53. The Kier molecular flexibility index (Phi) is 3.03. The highest BCUT2D eigenvalue weighted by atomic mass is 79.9. The Labute approximate surface area is 97.6 Å². The minimum atomic E-state index is 0.163. The summed E-state index contributed by atoms with van der Waals surface area (Å²) in [5, 5.41) is 1.15. The fraction of sp³-hybridized carbons (Fsp3) is 0.250. The first-order chi connectivity index (χ1) is 7.18. The molecule has 0 saturated heterocycles. The number of hydrogen-bond acceptors (Lipinski definition) is 2. The van der Waals surface area contributed by atoms with E-state index < -0.39 is 0 Å². The molecule has 0 spiro atoms. The Balaban J connectivity index is 2.61. The first-order valence-electron chi connectivity index (χ1n) is 4.96. The second-order valence-electron chi connectivity index (χ2n) is 3.79. The molecule has 15 heavy (non-hydrogen) atoms. The average Bonchev–Trinajstić information content (AvgIpc) is 2.22. The topological polar surface area (TPSA) is 38.9 Å². The number of fused-ring (bicyclic) bond motifs is 1. The number of hydrogen-bond donors (Lipinski definition) is 1. The minimum Gasteiger partial charge on any atom is -0.328 e. The lowest BCUT2D eigenvalue weighted by Gasteiger charge is -2.09. The Hall–Kier alpha value is -0.930. The Bertz CT molecular complexity index is 480. The number of rotatable bonds is 2. The van der Waals surface area contributed by atoms with Crippen molar-refractivity contribution < 1.29 is 0 Å². The Morgan fingerprint density at radius 2 is 2.20 bits per heavy atom. The van der Waals surface area contributed by atoms with Crippen LogP contribution in [0, 0.1) is 0 Å². The lowest BCUT2D eigenvalue weighted by Crippen LogP contribution is -2.18. The summed E-state index contributed by atoms with van der Waals surface area (Å²) < 4.78 is 1.08. The van der Waals surface area contributed by atoms with E-state index in [1.807, 2.05) is 19.2 Å². The van der Waals surface area contributed by atoms with Crippen molar-refractivity contribution in [1.29, 1.82) is 0 Å². The third kappa shape index (κ3) is 2.19. The maximum Gasteiger partial charge on any atom is 0.0745 e. The molecule has 0 aliphatic rings. The molecule has 2 aromatic rings. The van der Waals surface area contributed by atoms with Gasteiger partial charge in [0.25, 0.3) is 0 Å². The third-order valence-electron chi connectivity index (χ3n) is 2.34. The lowest BCUT2D eigenvalue weighted by molar-refractivity contribution is 0.740. The maximum absolute atomic E-state index is 5.81. The molecule has 0 fully saturated rings. The van der Waals surface area contributed by atoms with E-state index in [0.29, 0.717) is 0 Å². The van der Waals surface area contributed by atoms with E-state index in [0.717, 1.165) is 21.8 Å². The van der Waals surface area contributed by atoms with Crippen LogP contribution in [-0.2, 0) is 6.42 Å². The summed E-state index contributed by atoms with van der Waals surface area (Å²) in [6.45, 7) is 2.01. The van der Waals surface area contributed by atoms with Crippen LogP contribution in [0.5, 0.6) is 0 Å². The molecule has 3 heteroatoms. The summed E-state index contributed by atoms with van der Waals surface area (Å²) in [5.41, 5.74) is 8.07. The van der Waals surface area contributed by atoms with E-state index in [9.17, 15) is 0 Å². The van der Waals surface area contributed by atoms with Gasteiger partial charge >= 0.3 is 0 Å². The van der Waals surface area contributed by atoms with E-state index in [-0.39, 0.29) is 6.04 Å². The predicted molar refractivity (Wildman–Crippen MR) is 66.8 cm³/mol. The third-order valence-corrected chi connectivity index (χ3v) is 3.03. The number of nitrogens with zero attached hydrogens (tertiary/aromatic N) is 1. The average molecular weight is 265 g/mol. The highest BCUT2D eigenvalue weighted by molar-refractivity contribution is 9.10. The molecule has 2 N–H and O–H groups in total. The Morgan fingerprint density at radius 3 is 2.93 bits per heavy atom. The maximum atomic E-state index is 5.81. The highest BCUT2D eigenvalue weighted by Gasteiger charge is 2.06. The van der Waals surface area contributed by atoms with Crippen LogP contribution >= 0.6 is 15.9 Å². The van der Waals surface area contributed by atoms with Crippen LogP contribution in [0.2, 0.25) is 0 Å². The molecule has 1 heterocycles.